The van der Waals surface area contributed by atoms with E-state index in [1.807, 2.05) is 18.2 Å². The predicted octanol–water partition coefficient (Wildman–Crippen LogP) is 1.61. The van der Waals surface area contributed by atoms with Gasteiger partial charge in [-0.25, -0.2) is 5.06 Å². The van der Waals surface area contributed by atoms with Crippen LogP contribution in [0.3, 0.4) is 0 Å². The van der Waals surface area contributed by atoms with Gasteiger partial charge in [-0.1, -0.05) is 18.2 Å². The van der Waals surface area contributed by atoms with Crippen molar-refractivity contribution in [2.24, 2.45) is 5.92 Å². The normalized spacial score (nSPS) is 30.2. The van der Waals surface area contributed by atoms with Gasteiger partial charge in [-0.3, -0.25) is 10.0 Å². The van der Waals surface area contributed by atoms with E-state index in [4.69, 9.17) is 0 Å². The molecule has 4 nitrogen and oxygen atoms in total. The molecule has 1 amide bonds. The van der Waals surface area contributed by atoms with Crippen LogP contribution in [0.5, 0.6) is 0 Å². The van der Waals surface area contributed by atoms with Gasteiger partial charge in [0.1, 0.15) is 0 Å². The molecule has 0 radical (unpaired) electrons. The summed E-state index contributed by atoms with van der Waals surface area (Å²) in [4.78, 5) is 14.5. The SMILES string of the molecule is O=C(c1ccccc1)N(O)C1CN2CCC1CC2. The number of piperidine rings is 3. The Morgan fingerprint density at radius 3 is 2.44 bits per heavy atom. The molecule has 1 atom stereocenters. The Morgan fingerprint density at radius 1 is 1.22 bits per heavy atom. The van der Waals surface area contributed by atoms with Crippen molar-refractivity contribution in [2.45, 2.75) is 18.9 Å². The van der Waals surface area contributed by atoms with Crippen molar-refractivity contribution in [1.29, 1.82) is 0 Å². The lowest BCUT2D eigenvalue weighted by atomic mass is 9.83. The van der Waals surface area contributed by atoms with Gasteiger partial charge < -0.3 is 4.90 Å². The molecule has 96 valence electrons. The van der Waals surface area contributed by atoms with E-state index in [1.54, 1.807) is 12.1 Å². The molecular weight excluding hydrogens is 228 g/mol. The summed E-state index contributed by atoms with van der Waals surface area (Å²) in [5.41, 5.74) is 0.552. The Kier molecular flexibility index (Phi) is 3.06. The van der Waals surface area contributed by atoms with E-state index in [-0.39, 0.29) is 11.9 Å². The second-order valence-electron chi connectivity index (χ2n) is 5.22. The third kappa shape index (κ3) is 2.02. The lowest BCUT2D eigenvalue weighted by Crippen LogP contribution is -2.57. The molecule has 3 aliphatic rings. The Bertz CT molecular complexity index is 427. The molecular formula is C14H18N2O2. The first kappa shape index (κ1) is 11.7. The summed E-state index contributed by atoms with van der Waals surface area (Å²) < 4.78 is 0. The molecule has 1 aromatic carbocycles. The average molecular weight is 246 g/mol. The Hall–Kier alpha value is -1.39. The largest absolute Gasteiger partial charge is 0.301 e. The number of hydrogen-bond acceptors (Lipinski definition) is 3. The van der Waals surface area contributed by atoms with E-state index in [0.29, 0.717) is 11.5 Å². The lowest BCUT2D eigenvalue weighted by molar-refractivity contribution is -0.133. The van der Waals surface area contributed by atoms with Gasteiger partial charge >= 0.3 is 0 Å². The van der Waals surface area contributed by atoms with Gasteiger partial charge in [0.25, 0.3) is 5.91 Å². The number of carbonyl (C=O) groups excluding carboxylic acids is 1. The van der Waals surface area contributed by atoms with Crippen LogP contribution < -0.4 is 0 Å². The van der Waals surface area contributed by atoms with Crippen LogP contribution in [0.4, 0.5) is 0 Å². The fourth-order valence-corrected chi connectivity index (χ4v) is 3.07. The third-order valence-electron chi connectivity index (χ3n) is 4.16. The van der Waals surface area contributed by atoms with Gasteiger partial charge in [0.2, 0.25) is 0 Å². The van der Waals surface area contributed by atoms with E-state index >= 15 is 0 Å². The quantitative estimate of drug-likeness (QED) is 0.637. The minimum atomic E-state index is -0.283. The number of carbonyl (C=O) groups is 1. The van der Waals surface area contributed by atoms with E-state index in [0.717, 1.165) is 37.5 Å². The van der Waals surface area contributed by atoms with E-state index in [2.05, 4.69) is 4.90 Å². The molecule has 0 aliphatic carbocycles. The summed E-state index contributed by atoms with van der Waals surface area (Å²) in [6, 6.07) is 8.95. The third-order valence-corrected chi connectivity index (χ3v) is 4.16. The second-order valence-corrected chi connectivity index (χ2v) is 5.22. The molecule has 3 heterocycles. The van der Waals surface area contributed by atoms with Crippen molar-refractivity contribution in [1.82, 2.24) is 9.96 Å². The predicted molar refractivity (Wildman–Crippen MR) is 67.4 cm³/mol. The van der Waals surface area contributed by atoms with Gasteiger partial charge in [-0.15, -0.1) is 0 Å². The highest BCUT2D eigenvalue weighted by Crippen LogP contribution is 2.30. The summed E-state index contributed by atoms with van der Waals surface area (Å²) in [5.74, 6) is 0.169. The summed E-state index contributed by atoms with van der Waals surface area (Å²) in [6.07, 6.45) is 2.17. The van der Waals surface area contributed by atoms with Crippen LogP contribution in [0, 0.1) is 5.92 Å². The molecule has 2 bridgehead atoms. The lowest BCUT2D eigenvalue weighted by Gasteiger charge is -2.46. The molecule has 4 heteroatoms. The number of amides is 1. The number of nitrogens with zero attached hydrogens (tertiary/aromatic N) is 2. The first-order valence-corrected chi connectivity index (χ1v) is 6.55. The summed E-state index contributed by atoms with van der Waals surface area (Å²) in [5, 5.41) is 11.1. The van der Waals surface area contributed by atoms with Crippen LogP contribution in [-0.4, -0.2) is 46.8 Å². The first-order chi connectivity index (χ1) is 8.75. The van der Waals surface area contributed by atoms with Crippen LogP contribution in [0.25, 0.3) is 0 Å². The molecule has 0 aromatic heterocycles. The van der Waals surface area contributed by atoms with Crippen molar-refractivity contribution >= 4 is 5.91 Å². The smallest absolute Gasteiger partial charge is 0.277 e. The molecule has 1 N–H and O–H groups in total. The van der Waals surface area contributed by atoms with E-state index in [9.17, 15) is 10.0 Å². The zero-order chi connectivity index (χ0) is 12.5. The second kappa shape index (κ2) is 4.71. The maximum Gasteiger partial charge on any atom is 0.277 e. The minimum absolute atomic E-state index is 0.0415. The number of rotatable bonds is 2. The van der Waals surface area contributed by atoms with Crippen molar-refractivity contribution in [3.8, 4) is 0 Å². The highest BCUT2D eigenvalue weighted by Gasteiger charge is 2.39. The van der Waals surface area contributed by atoms with Crippen LogP contribution in [-0.2, 0) is 0 Å². The van der Waals surface area contributed by atoms with Crippen molar-refractivity contribution in [3.63, 3.8) is 0 Å². The summed E-state index contributed by atoms with van der Waals surface area (Å²) >= 11 is 0. The molecule has 1 unspecified atom stereocenters. The maximum absolute atomic E-state index is 12.2. The van der Waals surface area contributed by atoms with Crippen molar-refractivity contribution < 1.29 is 10.0 Å². The number of hydroxylamine groups is 2. The number of benzene rings is 1. The molecule has 1 aromatic rings. The topological polar surface area (TPSA) is 43.8 Å². The fourth-order valence-electron chi connectivity index (χ4n) is 3.07. The molecule has 4 rings (SSSR count). The average Bonchev–Trinajstić information content (AvgIpc) is 2.48. The van der Waals surface area contributed by atoms with Gasteiger partial charge in [0.05, 0.1) is 6.04 Å². The number of fused-ring (bicyclic) bond motifs is 3. The molecule has 0 saturated carbocycles. The maximum atomic E-state index is 12.2. The highest BCUT2D eigenvalue weighted by molar-refractivity contribution is 5.93. The zero-order valence-electron chi connectivity index (χ0n) is 10.3. The standard InChI is InChI=1S/C14H18N2O2/c17-14(12-4-2-1-3-5-12)16(18)13-10-15-8-6-11(13)7-9-15/h1-5,11,13,18H,6-10H2. The minimum Gasteiger partial charge on any atom is -0.301 e. The van der Waals surface area contributed by atoms with Crippen LogP contribution in [0.15, 0.2) is 30.3 Å². The fraction of sp³-hybridized carbons (Fsp3) is 0.500. The van der Waals surface area contributed by atoms with Crippen LogP contribution in [0.1, 0.15) is 23.2 Å². The van der Waals surface area contributed by atoms with E-state index < -0.39 is 0 Å². The van der Waals surface area contributed by atoms with E-state index in [1.165, 1.54) is 0 Å². The first-order valence-electron chi connectivity index (χ1n) is 6.55. The van der Waals surface area contributed by atoms with Gasteiger partial charge in [-0.2, -0.15) is 0 Å². The molecule has 0 spiro atoms. The molecule has 18 heavy (non-hydrogen) atoms. The Morgan fingerprint density at radius 2 is 1.89 bits per heavy atom. The van der Waals surface area contributed by atoms with Gasteiger partial charge in [0, 0.05) is 12.1 Å². The monoisotopic (exact) mass is 246 g/mol. The van der Waals surface area contributed by atoms with Gasteiger partial charge in [0.15, 0.2) is 0 Å². The van der Waals surface area contributed by atoms with Crippen molar-refractivity contribution in [3.05, 3.63) is 35.9 Å². The zero-order valence-corrected chi connectivity index (χ0v) is 10.3. The van der Waals surface area contributed by atoms with Crippen LogP contribution >= 0.6 is 0 Å². The molecule has 3 fully saturated rings. The van der Waals surface area contributed by atoms with Crippen LogP contribution in [0.2, 0.25) is 0 Å². The molecule has 3 aliphatic heterocycles. The van der Waals surface area contributed by atoms with Gasteiger partial charge in [-0.05, 0) is 44.0 Å². The summed E-state index contributed by atoms with van der Waals surface area (Å²) in [6.45, 7) is 3.02. The number of hydrogen-bond donors (Lipinski definition) is 1. The Labute approximate surface area is 107 Å². The molecule has 3 saturated heterocycles. The Balaban J connectivity index is 1.75. The van der Waals surface area contributed by atoms with Crippen molar-refractivity contribution in [2.75, 3.05) is 19.6 Å². The summed E-state index contributed by atoms with van der Waals surface area (Å²) in [7, 11) is 0. The highest BCUT2D eigenvalue weighted by atomic mass is 16.5.